The number of rotatable bonds is 3. The fourth-order valence-corrected chi connectivity index (χ4v) is 4.70. The maximum Gasteiger partial charge on any atom is 0.246 e. The molecule has 0 bridgehead atoms. The average molecular weight is 475 g/mol. The van der Waals surface area contributed by atoms with E-state index in [9.17, 15) is 4.79 Å². The second kappa shape index (κ2) is 8.47. The molecular weight excluding hydrogens is 452 g/mol. The molecule has 1 aliphatic heterocycles. The smallest absolute Gasteiger partial charge is 0.246 e. The number of benzene rings is 1. The topological polar surface area (TPSA) is 108 Å². The van der Waals surface area contributed by atoms with Crippen LogP contribution < -0.4 is 5.73 Å². The highest BCUT2D eigenvalue weighted by Crippen LogP contribution is 2.31. The molecule has 4 aromatic rings. The third-order valence-corrected chi connectivity index (χ3v) is 6.55. The Labute approximate surface area is 201 Å². The molecule has 172 valence electrons. The van der Waals surface area contributed by atoms with Crippen LogP contribution >= 0.6 is 11.6 Å². The number of halogens is 1. The van der Waals surface area contributed by atoms with Gasteiger partial charge in [-0.1, -0.05) is 24.1 Å². The van der Waals surface area contributed by atoms with Gasteiger partial charge in [0.05, 0.1) is 33.8 Å². The van der Waals surface area contributed by atoms with Crippen LogP contribution in [0.5, 0.6) is 0 Å². The van der Waals surface area contributed by atoms with Gasteiger partial charge in [-0.2, -0.15) is 5.10 Å². The van der Waals surface area contributed by atoms with Crippen LogP contribution in [0, 0.1) is 11.8 Å². The Morgan fingerprint density at radius 1 is 1.32 bits per heavy atom. The van der Waals surface area contributed by atoms with Crippen molar-refractivity contribution in [3.63, 3.8) is 0 Å². The normalized spacial score (nSPS) is 17.8. The van der Waals surface area contributed by atoms with Crippen molar-refractivity contribution < 1.29 is 4.79 Å². The summed E-state index contributed by atoms with van der Waals surface area (Å²) in [4.78, 5) is 27.0. The Kier molecular flexibility index (Phi) is 5.46. The summed E-state index contributed by atoms with van der Waals surface area (Å²) in [5.41, 5.74) is 9.67. The Morgan fingerprint density at radius 2 is 2.15 bits per heavy atom. The van der Waals surface area contributed by atoms with Gasteiger partial charge in [0.1, 0.15) is 17.8 Å². The van der Waals surface area contributed by atoms with E-state index in [4.69, 9.17) is 22.4 Å². The molecule has 1 saturated heterocycles. The van der Waals surface area contributed by atoms with Crippen molar-refractivity contribution in [1.29, 1.82) is 0 Å². The largest absolute Gasteiger partial charge is 0.383 e. The van der Waals surface area contributed by atoms with E-state index in [1.54, 1.807) is 15.9 Å². The highest BCUT2D eigenvalue weighted by atomic mass is 35.5. The number of imidazole rings is 1. The third kappa shape index (κ3) is 3.56. The van der Waals surface area contributed by atoms with E-state index >= 15 is 0 Å². The second-order valence-corrected chi connectivity index (χ2v) is 8.69. The van der Waals surface area contributed by atoms with Gasteiger partial charge in [-0.3, -0.25) is 4.79 Å². The summed E-state index contributed by atoms with van der Waals surface area (Å²) in [5.74, 6) is 6.43. The van der Waals surface area contributed by atoms with Gasteiger partial charge in [0, 0.05) is 24.7 Å². The lowest BCUT2D eigenvalue weighted by molar-refractivity contribution is -0.126. The van der Waals surface area contributed by atoms with Crippen molar-refractivity contribution in [2.45, 2.75) is 38.9 Å². The van der Waals surface area contributed by atoms with Crippen LogP contribution in [0.1, 0.15) is 37.6 Å². The standard InChI is InChI=1S/C24H23ClN8O/c1-4-21(34)32-11-16(8-14(32)3)33-24-22(23(26)27-12-28-24)18(30-33)7-6-15-9-19-20(10-17(15)25)31(5-2)13-29-19/h4,9-10,12-14,16H,1,5,8,11H2,2-3H3,(H2,26,27,28)/t14-,16-/m0/s1. The predicted molar refractivity (Wildman–Crippen MR) is 131 cm³/mol. The van der Waals surface area contributed by atoms with Gasteiger partial charge in [-0.05, 0) is 44.4 Å². The van der Waals surface area contributed by atoms with E-state index < -0.39 is 0 Å². The molecule has 1 aromatic carbocycles. The summed E-state index contributed by atoms with van der Waals surface area (Å²) in [7, 11) is 0. The number of aryl methyl sites for hydroxylation is 1. The molecule has 2 N–H and O–H groups in total. The van der Waals surface area contributed by atoms with E-state index in [1.165, 1.54) is 12.4 Å². The molecule has 1 fully saturated rings. The van der Waals surface area contributed by atoms with Gasteiger partial charge >= 0.3 is 0 Å². The highest BCUT2D eigenvalue weighted by Gasteiger charge is 2.34. The molecule has 0 aliphatic carbocycles. The van der Waals surface area contributed by atoms with E-state index in [-0.39, 0.29) is 18.0 Å². The minimum Gasteiger partial charge on any atom is -0.383 e. The number of aromatic nitrogens is 6. The number of carbonyl (C=O) groups is 1. The third-order valence-electron chi connectivity index (χ3n) is 6.24. The van der Waals surface area contributed by atoms with Crippen LogP contribution in [-0.4, -0.2) is 52.7 Å². The number of nitrogens with zero attached hydrogens (tertiary/aromatic N) is 7. The average Bonchev–Trinajstić information content (AvgIpc) is 3.52. The predicted octanol–water partition coefficient (Wildman–Crippen LogP) is 3.18. The first-order valence-corrected chi connectivity index (χ1v) is 11.4. The number of amides is 1. The molecule has 10 heteroatoms. The van der Waals surface area contributed by atoms with Crippen LogP contribution in [0.25, 0.3) is 22.1 Å². The Bertz CT molecular complexity index is 1510. The van der Waals surface area contributed by atoms with Crippen molar-refractivity contribution in [3.05, 3.63) is 53.7 Å². The number of hydrogen-bond donors (Lipinski definition) is 1. The maximum absolute atomic E-state index is 12.2. The van der Waals surface area contributed by atoms with Crippen LogP contribution in [0.2, 0.25) is 5.02 Å². The molecule has 0 unspecified atom stereocenters. The van der Waals surface area contributed by atoms with E-state index in [2.05, 4.69) is 33.4 Å². The van der Waals surface area contributed by atoms with E-state index in [1.807, 2.05) is 30.5 Å². The van der Waals surface area contributed by atoms with Gasteiger partial charge < -0.3 is 15.2 Å². The van der Waals surface area contributed by atoms with Crippen molar-refractivity contribution in [2.75, 3.05) is 12.3 Å². The summed E-state index contributed by atoms with van der Waals surface area (Å²) in [5, 5.41) is 5.86. The second-order valence-electron chi connectivity index (χ2n) is 8.29. The molecule has 0 spiro atoms. The Balaban J connectivity index is 1.57. The summed E-state index contributed by atoms with van der Waals surface area (Å²) < 4.78 is 3.83. The van der Waals surface area contributed by atoms with Gasteiger partial charge in [0.2, 0.25) is 5.91 Å². The maximum atomic E-state index is 12.2. The fourth-order valence-electron chi connectivity index (χ4n) is 4.49. The molecule has 1 amide bonds. The minimum atomic E-state index is -0.101. The first-order valence-electron chi connectivity index (χ1n) is 11.0. The molecule has 3 aromatic heterocycles. The summed E-state index contributed by atoms with van der Waals surface area (Å²) in [6.07, 6.45) is 5.26. The molecular formula is C24H23ClN8O. The Hall–Kier alpha value is -3.90. The number of anilines is 1. The zero-order valence-electron chi connectivity index (χ0n) is 18.9. The highest BCUT2D eigenvalue weighted by molar-refractivity contribution is 6.32. The van der Waals surface area contributed by atoms with Gasteiger partial charge in [-0.25, -0.2) is 19.6 Å². The molecule has 0 saturated carbocycles. The van der Waals surface area contributed by atoms with Crippen LogP contribution in [0.4, 0.5) is 5.82 Å². The number of likely N-dealkylation sites (tertiary alicyclic amines) is 1. The number of hydrogen-bond acceptors (Lipinski definition) is 6. The lowest BCUT2D eigenvalue weighted by Crippen LogP contribution is -2.32. The first-order chi connectivity index (χ1) is 16.4. The molecule has 34 heavy (non-hydrogen) atoms. The van der Waals surface area contributed by atoms with Crippen LogP contribution in [0.3, 0.4) is 0 Å². The minimum absolute atomic E-state index is 0.0527. The number of carbonyl (C=O) groups excluding carboxylic acids is 1. The van der Waals surface area contributed by atoms with Gasteiger partial charge in [0.25, 0.3) is 0 Å². The van der Waals surface area contributed by atoms with Crippen molar-refractivity contribution in [1.82, 2.24) is 34.2 Å². The molecule has 5 rings (SSSR count). The van der Waals surface area contributed by atoms with Crippen LogP contribution in [-0.2, 0) is 11.3 Å². The molecule has 4 heterocycles. The number of nitrogens with two attached hydrogens (primary N) is 1. The quantitative estimate of drug-likeness (QED) is 0.361. The monoisotopic (exact) mass is 474 g/mol. The lowest BCUT2D eigenvalue weighted by Gasteiger charge is -2.19. The molecule has 2 atom stereocenters. The first kappa shape index (κ1) is 21.9. The molecule has 1 aliphatic rings. The lowest BCUT2D eigenvalue weighted by atomic mass is 10.2. The van der Waals surface area contributed by atoms with Crippen LogP contribution in [0.15, 0.2) is 37.4 Å². The zero-order chi connectivity index (χ0) is 24.0. The fraction of sp³-hybridized carbons (Fsp3) is 0.292. The zero-order valence-corrected chi connectivity index (χ0v) is 19.6. The number of fused-ring (bicyclic) bond motifs is 2. The summed E-state index contributed by atoms with van der Waals surface area (Å²) in [6.45, 7) is 8.97. The van der Waals surface area contributed by atoms with Crippen molar-refractivity contribution in [3.8, 4) is 11.8 Å². The molecule has 9 nitrogen and oxygen atoms in total. The van der Waals surface area contributed by atoms with E-state index in [0.717, 1.165) is 24.0 Å². The Morgan fingerprint density at radius 3 is 2.91 bits per heavy atom. The summed E-state index contributed by atoms with van der Waals surface area (Å²) >= 11 is 6.52. The molecule has 0 radical (unpaired) electrons. The van der Waals surface area contributed by atoms with E-state index in [0.29, 0.717) is 39.7 Å². The van der Waals surface area contributed by atoms with Crippen molar-refractivity contribution in [2.24, 2.45) is 0 Å². The van der Waals surface area contributed by atoms with Gasteiger partial charge in [0.15, 0.2) is 5.65 Å². The number of nitrogen functional groups attached to an aromatic ring is 1. The van der Waals surface area contributed by atoms with Crippen molar-refractivity contribution >= 4 is 45.4 Å². The summed E-state index contributed by atoms with van der Waals surface area (Å²) in [6, 6.07) is 3.73. The van der Waals surface area contributed by atoms with Gasteiger partial charge in [-0.15, -0.1) is 0 Å². The SMILES string of the molecule is C=CC(=O)N1C[C@@H](n2nc(C#Cc3cc4ncn(CC)c4cc3Cl)c3c(N)ncnc32)C[C@@H]1C.